The van der Waals surface area contributed by atoms with Crippen molar-refractivity contribution in [1.29, 1.82) is 0 Å². The van der Waals surface area contributed by atoms with Crippen molar-refractivity contribution in [1.82, 2.24) is 0 Å². The Morgan fingerprint density at radius 2 is 2.29 bits per heavy atom. The van der Waals surface area contributed by atoms with Crippen molar-refractivity contribution in [2.24, 2.45) is 0 Å². The lowest BCUT2D eigenvalue weighted by molar-refractivity contribution is -0.137. The van der Waals surface area contributed by atoms with Crippen molar-refractivity contribution in [2.45, 2.75) is 15.5 Å². The van der Waals surface area contributed by atoms with Crippen molar-refractivity contribution < 1.29 is 9.90 Å². The Hall–Kier alpha value is -0.810. The molecule has 0 aromatic heterocycles. The van der Waals surface area contributed by atoms with Crippen molar-refractivity contribution in [3.05, 3.63) is 24.3 Å². The third kappa shape index (κ3) is 1.83. The maximum absolute atomic E-state index is 10.6. The second-order valence-electron chi connectivity index (χ2n) is 3.08. The summed E-state index contributed by atoms with van der Waals surface area (Å²) in [6.07, 6.45) is -0.0184. The van der Waals surface area contributed by atoms with E-state index in [9.17, 15) is 4.79 Å². The monoisotopic (exact) mass is 227 g/mol. The van der Waals surface area contributed by atoms with E-state index in [0.717, 1.165) is 10.6 Å². The van der Waals surface area contributed by atoms with Crippen LogP contribution in [0.1, 0.15) is 6.42 Å². The van der Waals surface area contributed by atoms with Crippen LogP contribution in [-0.2, 0) is 4.79 Å². The van der Waals surface area contributed by atoms with E-state index in [1.807, 2.05) is 24.3 Å². The predicted octanol–water partition coefficient (Wildman–Crippen LogP) is 2.26. The summed E-state index contributed by atoms with van der Waals surface area (Å²) in [4.78, 5) is 11.7. The highest BCUT2D eigenvalue weighted by atomic mass is 32.2. The van der Waals surface area contributed by atoms with Crippen LogP contribution in [0.25, 0.3) is 0 Å². The molecule has 0 spiro atoms. The molecule has 3 nitrogen and oxygen atoms in total. The summed E-state index contributed by atoms with van der Waals surface area (Å²) in [6, 6.07) is 7.70. The topological polar surface area (TPSA) is 49.3 Å². The summed E-state index contributed by atoms with van der Waals surface area (Å²) in [6.45, 7) is 0. The summed E-state index contributed by atoms with van der Waals surface area (Å²) in [5.74, 6) is -0.854. The van der Waals surface area contributed by atoms with E-state index < -0.39 is 10.2 Å². The Labute approximate surface area is 91.3 Å². The lowest BCUT2D eigenvalue weighted by Gasteiger charge is -2.20. The molecule has 0 fully saturated rings. The lowest BCUT2D eigenvalue weighted by atomic mass is 10.3. The summed E-state index contributed by atoms with van der Waals surface area (Å²) in [5, 5.41) is 11.8. The van der Waals surface area contributed by atoms with Crippen molar-refractivity contribution in [2.75, 3.05) is 5.32 Å². The number of fused-ring (bicyclic) bond motifs is 1. The van der Waals surface area contributed by atoms with Gasteiger partial charge in [0.15, 0.2) is 0 Å². The van der Waals surface area contributed by atoms with Gasteiger partial charge in [-0.1, -0.05) is 23.9 Å². The van der Waals surface area contributed by atoms with Gasteiger partial charge in [-0.3, -0.25) is 4.79 Å². The fourth-order valence-corrected chi connectivity index (χ4v) is 3.01. The van der Waals surface area contributed by atoms with E-state index in [-0.39, 0.29) is 6.42 Å². The first-order valence-corrected chi connectivity index (χ1v) is 5.36. The Morgan fingerprint density at radius 1 is 1.57 bits per heavy atom. The van der Waals surface area contributed by atoms with Gasteiger partial charge in [-0.25, -0.2) is 0 Å². The molecule has 1 heterocycles. The summed E-state index contributed by atoms with van der Waals surface area (Å²) in [7, 11) is 0. The molecule has 1 aromatic carbocycles. The highest BCUT2D eigenvalue weighted by Crippen LogP contribution is 2.48. The maximum atomic E-state index is 10.6. The minimum Gasteiger partial charge on any atom is -0.481 e. The fraction of sp³-hybridized carbons (Fsp3) is 0.222. The zero-order valence-electron chi connectivity index (χ0n) is 7.23. The molecule has 1 aromatic rings. The number of benzene rings is 1. The summed E-state index contributed by atoms with van der Waals surface area (Å²) in [5.41, 5.74) is 0.953. The van der Waals surface area contributed by atoms with Gasteiger partial charge in [-0.05, 0) is 12.1 Å². The van der Waals surface area contributed by atoms with Crippen LogP contribution in [0.4, 0.5) is 5.69 Å². The molecule has 0 aliphatic carbocycles. The number of carbonyl (C=O) groups is 1. The van der Waals surface area contributed by atoms with Crippen LogP contribution in [0.3, 0.4) is 0 Å². The SMILES string of the molecule is O=C(O)CC1(S)Nc2ccccc2S1. The molecule has 5 heteroatoms. The molecular weight excluding hydrogens is 218 g/mol. The lowest BCUT2D eigenvalue weighted by Crippen LogP contribution is -2.27. The van der Waals surface area contributed by atoms with E-state index in [1.54, 1.807) is 0 Å². The normalized spacial score (nSPS) is 24.1. The Morgan fingerprint density at radius 3 is 2.93 bits per heavy atom. The number of anilines is 1. The molecule has 1 atom stereocenters. The number of carboxylic acids is 1. The number of thiol groups is 1. The van der Waals surface area contributed by atoms with Gasteiger partial charge in [0, 0.05) is 10.6 Å². The number of hydrogen-bond acceptors (Lipinski definition) is 4. The van der Waals surface area contributed by atoms with Crippen LogP contribution >= 0.6 is 24.4 Å². The minimum absolute atomic E-state index is 0.0184. The average molecular weight is 227 g/mol. The number of rotatable bonds is 2. The molecular formula is C9H9NO2S2. The third-order valence-corrected chi connectivity index (χ3v) is 3.59. The van der Waals surface area contributed by atoms with Gasteiger partial charge in [0.1, 0.15) is 4.20 Å². The molecule has 0 amide bonds. The van der Waals surface area contributed by atoms with Crippen molar-refractivity contribution >= 4 is 36.0 Å². The second-order valence-corrected chi connectivity index (χ2v) is 5.48. The van der Waals surface area contributed by atoms with E-state index in [4.69, 9.17) is 5.11 Å². The van der Waals surface area contributed by atoms with E-state index in [2.05, 4.69) is 17.9 Å². The van der Waals surface area contributed by atoms with Gasteiger partial charge in [0.05, 0.1) is 6.42 Å². The first kappa shape index (κ1) is 9.73. The van der Waals surface area contributed by atoms with Crippen LogP contribution in [0.2, 0.25) is 0 Å². The molecule has 0 saturated heterocycles. The van der Waals surface area contributed by atoms with E-state index in [0.29, 0.717) is 0 Å². The molecule has 0 bridgehead atoms. The van der Waals surface area contributed by atoms with Gasteiger partial charge in [-0.2, -0.15) is 0 Å². The van der Waals surface area contributed by atoms with Crippen molar-refractivity contribution in [3.8, 4) is 0 Å². The number of thioether (sulfide) groups is 1. The van der Waals surface area contributed by atoms with Crippen LogP contribution in [0.5, 0.6) is 0 Å². The number of carboxylic acid groups (broad SMARTS) is 1. The highest BCUT2D eigenvalue weighted by molar-refractivity contribution is 8.12. The van der Waals surface area contributed by atoms with Crippen LogP contribution < -0.4 is 5.32 Å². The highest BCUT2D eigenvalue weighted by Gasteiger charge is 2.36. The quantitative estimate of drug-likeness (QED) is 0.678. The smallest absolute Gasteiger partial charge is 0.307 e. The van der Waals surface area contributed by atoms with E-state index in [1.165, 1.54) is 11.8 Å². The number of hydrogen-bond donors (Lipinski definition) is 3. The van der Waals surface area contributed by atoms with Gasteiger partial charge >= 0.3 is 5.97 Å². The second kappa shape index (κ2) is 3.40. The summed E-state index contributed by atoms with van der Waals surface area (Å²) >= 11 is 5.78. The first-order chi connectivity index (χ1) is 6.59. The minimum atomic E-state index is -0.854. The largest absolute Gasteiger partial charge is 0.481 e. The first-order valence-electron chi connectivity index (χ1n) is 4.09. The zero-order chi connectivity index (χ0) is 10.2. The molecule has 14 heavy (non-hydrogen) atoms. The molecule has 1 aliphatic heterocycles. The fourth-order valence-electron chi connectivity index (χ4n) is 1.36. The zero-order valence-corrected chi connectivity index (χ0v) is 8.94. The number of aliphatic carboxylic acids is 1. The maximum Gasteiger partial charge on any atom is 0.307 e. The predicted molar refractivity (Wildman–Crippen MR) is 59.9 cm³/mol. The third-order valence-electron chi connectivity index (χ3n) is 1.89. The number of para-hydroxylation sites is 1. The van der Waals surface area contributed by atoms with Crippen molar-refractivity contribution in [3.63, 3.8) is 0 Å². The van der Waals surface area contributed by atoms with Gasteiger partial charge in [0.25, 0.3) is 0 Å². The van der Waals surface area contributed by atoms with Gasteiger partial charge in [0.2, 0.25) is 0 Å². The van der Waals surface area contributed by atoms with E-state index >= 15 is 0 Å². The number of nitrogens with one attached hydrogen (secondary N) is 1. The molecule has 2 rings (SSSR count). The standard InChI is InChI=1S/C9H9NO2S2/c11-8(12)5-9(13)10-6-3-1-2-4-7(6)14-9/h1-4,10,13H,5H2,(H,11,12). The Bertz CT molecular complexity index is 356. The Kier molecular flexibility index (Phi) is 2.36. The molecule has 0 radical (unpaired) electrons. The van der Waals surface area contributed by atoms with Gasteiger partial charge in [-0.15, -0.1) is 12.6 Å². The molecule has 0 saturated carbocycles. The van der Waals surface area contributed by atoms with Gasteiger partial charge < -0.3 is 10.4 Å². The molecule has 1 unspecified atom stereocenters. The average Bonchev–Trinajstić information content (AvgIpc) is 2.38. The van der Waals surface area contributed by atoms with Crippen LogP contribution in [0, 0.1) is 0 Å². The molecule has 1 aliphatic rings. The summed E-state index contributed by atoms with van der Waals surface area (Å²) < 4.78 is -0.713. The molecule has 74 valence electrons. The Balaban J connectivity index is 2.21. The molecule has 2 N–H and O–H groups in total. The van der Waals surface area contributed by atoms with Crippen LogP contribution in [-0.4, -0.2) is 15.3 Å². The van der Waals surface area contributed by atoms with Crippen LogP contribution in [0.15, 0.2) is 29.2 Å².